The number of hydrogen-bond acceptors (Lipinski definition) is 2. The van der Waals surface area contributed by atoms with E-state index >= 15 is 0 Å². The molecule has 0 aliphatic rings. The molecule has 0 amide bonds. The number of aryl methyl sites for hydroxylation is 1. The smallest absolute Gasteiger partial charge is 0.124 e. The van der Waals surface area contributed by atoms with Gasteiger partial charge in [0.25, 0.3) is 0 Å². The zero-order valence-electron chi connectivity index (χ0n) is 7.29. The second-order valence-electron chi connectivity index (χ2n) is 2.77. The molecule has 1 heterocycles. The lowest BCUT2D eigenvalue weighted by molar-refractivity contribution is -0.107. The van der Waals surface area contributed by atoms with Gasteiger partial charge in [0.2, 0.25) is 0 Å². The Morgan fingerprint density at radius 2 is 2.33 bits per heavy atom. The number of carbonyl (C=O) groups is 1. The zero-order valence-corrected chi connectivity index (χ0v) is 7.29. The monoisotopic (exact) mass is 163 g/mol. The molecule has 0 aromatic carbocycles. The van der Waals surface area contributed by atoms with Crippen LogP contribution in [0.25, 0.3) is 0 Å². The quantitative estimate of drug-likeness (QED) is 0.633. The summed E-state index contributed by atoms with van der Waals surface area (Å²) in [6, 6.07) is 1.92. The minimum Gasteiger partial charge on any atom is -0.303 e. The van der Waals surface area contributed by atoms with Crippen molar-refractivity contribution in [3.05, 3.63) is 29.6 Å². The van der Waals surface area contributed by atoms with Crippen LogP contribution in [0.15, 0.2) is 18.5 Å². The van der Waals surface area contributed by atoms with Crippen LogP contribution in [0.5, 0.6) is 0 Å². The van der Waals surface area contributed by atoms with Crippen molar-refractivity contribution >= 4 is 6.29 Å². The van der Waals surface area contributed by atoms with Crippen molar-refractivity contribution in [1.82, 2.24) is 4.98 Å². The van der Waals surface area contributed by atoms with E-state index in [4.69, 9.17) is 0 Å². The first-order chi connectivity index (χ1) is 5.88. The maximum absolute atomic E-state index is 10.3. The Bertz CT molecular complexity index is 258. The van der Waals surface area contributed by atoms with Gasteiger partial charge in [0, 0.05) is 18.8 Å². The highest BCUT2D eigenvalue weighted by Crippen LogP contribution is 2.08. The summed E-state index contributed by atoms with van der Waals surface area (Å²) in [5.41, 5.74) is 2.31. The molecule has 0 radical (unpaired) electrons. The third-order valence-electron chi connectivity index (χ3n) is 1.83. The lowest BCUT2D eigenvalue weighted by Crippen LogP contribution is -1.95. The molecule has 0 atom stereocenters. The van der Waals surface area contributed by atoms with Crippen LogP contribution in [0.4, 0.5) is 0 Å². The molecule has 0 saturated heterocycles. The number of aldehydes is 1. The Labute approximate surface area is 72.6 Å². The van der Waals surface area contributed by atoms with E-state index < -0.39 is 0 Å². The molecule has 1 aromatic rings. The summed E-state index contributed by atoms with van der Waals surface area (Å²) < 4.78 is 0. The van der Waals surface area contributed by atoms with Crippen LogP contribution in [0.2, 0.25) is 0 Å². The average Bonchev–Trinajstić information content (AvgIpc) is 2.09. The SMILES string of the molecule is CCCc1cnccc1CC=O. The van der Waals surface area contributed by atoms with Gasteiger partial charge in [0.15, 0.2) is 0 Å². The predicted molar refractivity (Wildman–Crippen MR) is 48.0 cm³/mol. The second kappa shape index (κ2) is 4.65. The molecule has 2 nitrogen and oxygen atoms in total. The van der Waals surface area contributed by atoms with E-state index in [1.807, 2.05) is 12.3 Å². The van der Waals surface area contributed by atoms with Crippen molar-refractivity contribution in [2.24, 2.45) is 0 Å². The maximum atomic E-state index is 10.3. The molecule has 0 aliphatic carbocycles. The number of rotatable bonds is 4. The first-order valence-electron chi connectivity index (χ1n) is 4.24. The first-order valence-corrected chi connectivity index (χ1v) is 4.24. The Balaban J connectivity index is 2.83. The molecule has 0 saturated carbocycles. The number of aromatic nitrogens is 1. The van der Waals surface area contributed by atoms with Crippen LogP contribution in [0.3, 0.4) is 0 Å². The molecule has 0 N–H and O–H groups in total. The van der Waals surface area contributed by atoms with E-state index in [-0.39, 0.29) is 0 Å². The summed E-state index contributed by atoms with van der Waals surface area (Å²) in [6.07, 6.45) is 7.14. The standard InChI is InChI=1S/C10H13NO/c1-2-3-10-8-11-6-4-9(10)5-7-12/h4,6-8H,2-3,5H2,1H3. The summed E-state index contributed by atoms with van der Waals surface area (Å²) >= 11 is 0. The van der Waals surface area contributed by atoms with Gasteiger partial charge >= 0.3 is 0 Å². The van der Waals surface area contributed by atoms with Crippen LogP contribution in [-0.4, -0.2) is 11.3 Å². The fourth-order valence-corrected chi connectivity index (χ4v) is 1.24. The topological polar surface area (TPSA) is 30.0 Å². The summed E-state index contributed by atoms with van der Waals surface area (Å²) in [5.74, 6) is 0. The van der Waals surface area contributed by atoms with Crippen molar-refractivity contribution in [2.45, 2.75) is 26.2 Å². The van der Waals surface area contributed by atoms with Gasteiger partial charge in [-0.1, -0.05) is 13.3 Å². The Morgan fingerprint density at radius 1 is 1.50 bits per heavy atom. The summed E-state index contributed by atoms with van der Waals surface area (Å²) in [4.78, 5) is 14.3. The van der Waals surface area contributed by atoms with E-state index in [1.165, 1.54) is 5.56 Å². The highest BCUT2D eigenvalue weighted by molar-refractivity contribution is 5.55. The molecule has 0 aliphatic heterocycles. The summed E-state index contributed by atoms with van der Waals surface area (Å²) in [5, 5.41) is 0. The van der Waals surface area contributed by atoms with E-state index in [0.29, 0.717) is 6.42 Å². The van der Waals surface area contributed by atoms with Crippen LogP contribution >= 0.6 is 0 Å². The largest absolute Gasteiger partial charge is 0.303 e. The number of nitrogens with zero attached hydrogens (tertiary/aromatic N) is 1. The summed E-state index contributed by atoms with van der Waals surface area (Å²) in [6.45, 7) is 2.12. The Kier molecular flexibility index (Phi) is 3.45. The van der Waals surface area contributed by atoms with Gasteiger partial charge in [-0.05, 0) is 23.6 Å². The van der Waals surface area contributed by atoms with Gasteiger partial charge < -0.3 is 4.79 Å². The van der Waals surface area contributed by atoms with Gasteiger partial charge in [0.1, 0.15) is 6.29 Å². The molecular formula is C10H13NO. The minimum absolute atomic E-state index is 0.512. The maximum Gasteiger partial charge on any atom is 0.124 e. The zero-order chi connectivity index (χ0) is 8.81. The molecule has 2 heteroatoms. The molecule has 12 heavy (non-hydrogen) atoms. The third kappa shape index (κ3) is 2.16. The van der Waals surface area contributed by atoms with Crippen LogP contribution in [0.1, 0.15) is 24.5 Å². The van der Waals surface area contributed by atoms with Crippen molar-refractivity contribution in [3.63, 3.8) is 0 Å². The fraction of sp³-hybridized carbons (Fsp3) is 0.400. The summed E-state index contributed by atoms with van der Waals surface area (Å²) in [7, 11) is 0. The van der Waals surface area contributed by atoms with Crippen LogP contribution in [0, 0.1) is 0 Å². The van der Waals surface area contributed by atoms with Gasteiger partial charge in [0.05, 0.1) is 0 Å². The highest BCUT2D eigenvalue weighted by atomic mass is 16.1. The normalized spacial score (nSPS) is 9.75. The van der Waals surface area contributed by atoms with Gasteiger partial charge in [-0.15, -0.1) is 0 Å². The fourth-order valence-electron chi connectivity index (χ4n) is 1.24. The van der Waals surface area contributed by atoms with Crippen molar-refractivity contribution < 1.29 is 4.79 Å². The molecule has 0 bridgehead atoms. The minimum atomic E-state index is 0.512. The molecule has 0 spiro atoms. The highest BCUT2D eigenvalue weighted by Gasteiger charge is 1.99. The molecule has 0 unspecified atom stereocenters. The van der Waals surface area contributed by atoms with E-state index in [2.05, 4.69) is 11.9 Å². The Hall–Kier alpha value is -1.18. The van der Waals surface area contributed by atoms with Gasteiger partial charge in [-0.3, -0.25) is 4.98 Å². The molecular weight excluding hydrogens is 150 g/mol. The van der Waals surface area contributed by atoms with E-state index in [1.54, 1.807) is 6.20 Å². The lowest BCUT2D eigenvalue weighted by Gasteiger charge is -2.03. The van der Waals surface area contributed by atoms with E-state index in [9.17, 15) is 4.79 Å². The van der Waals surface area contributed by atoms with Gasteiger partial charge in [-0.25, -0.2) is 0 Å². The molecule has 1 rings (SSSR count). The third-order valence-corrected chi connectivity index (χ3v) is 1.83. The van der Waals surface area contributed by atoms with Crippen molar-refractivity contribution in [2.75, 3.05) is 0 Å². The average molecular weight is 163 g/mol. The molecule has 0 fully saturated rings. The van der Waals surface area contributed by atoms with Crippen molar-refractivity contribution in [1.29, 1.82) is 0 Å². The lowest BCUT2D eigenvalue weighted by atomic mass is 10.0. The van der Waals surface area contributed by atoms with Crippen molar-refractivity contribution in [3.8, 4) is 0 Å². The molecule has 64 valence electrons. The van der Waals surface area contributed by atoms with E-state index in [0.717, 1.165) is 24.7 Å². The van der Waals surface area contributed by atoms with Crippen LogP contribution in [-0.2, 0) is 17.6 Å². The van der Waals surface area contributed by atoms with Gasteiger partial charge in [-0.2, -0.15) is 0 Å². The molecule has 1 aromatic heterocycles. The number of hydrogen-bond donors (Lipinski definition) is 0. The second-order valence-corrected chi connectivity index (χ2v) is 2.77. The first kappa shape index (κ1) is 8.91. The number of pyridine rings is 1. The Morgan fingerprint density at radius 3 is 3.00 bits per heavy atom. The number of carbonyl (C=O) groups excluding carboxylic acids is 1. The van der Waals surface area contributed by atoms with Crippen LogP contribution < -0.4 is 0 Å². The predicted octanol–water partition coefficient (Wildman–Crippen LogP) is 1.78.